The van der Waals surface area contributed by atoms with E-state index in [2.05, 4.69) is 21.5 Å². The second-order valence-corrected chi connectivity index (χ2v) is 7.88. The van der Waals surface area contributed by atoms with Gasteiger partial charge in [-0.25, -0.2) is 0 Å². The van der Waals surface area contributed by atoms with E-state index in [1.165, 1.54) is 11.8 Å². The molecule has 21 heavy (non-hydrogen) atoms. The van der Waals surface area contributed by atoms with Gasteiger partial charge in [0, 0.05) is 24.5 Å². The Balaban J connectivity index is 1.92. The van der Waals surface area contributed by atoms with Gasteiger partial charge >= 0.3 is 0 Å². The quantitative estimate of drug-likeness (QED) is 0.926. The van der Waals surface area contributed by atoms with Crippen molar-refractivity contribution in [2.45, 2.75) is 31.1 Å². The number of anilines is 2. The molecule has 1 aromatic rings. The number of fused-ring (bicyclic) bond motifs is 1. The Morgan fingerprint density at radius 2 is 2.10 bits per heavy atom. The van der Waals surface area contributed by atoms with Crippen molar-refractivity contribution in [1.29, 1.82) is 0 Å². The smallest absolute Gasteiger partial charge is 0.286 e. The zero-order chi connectivity index (χ0) is 14.9. The third-order valence-electron chi connectivity index (χ3n) is 3.60. The number of sulfonamides is 1. The monoisotopic (exact) mass is 325 g/mol. The molecule has 2 aliphatic rings. The lowest BCUT2D eigenvalue weighted by Gasteiger charge is -2.22. The number of hydrogen-bond donors (Lipinski definition) is 1. The van der Waals surface area contributed by atoms with Crippen LogP contribution in [0.5, 0.6) is 0 Å². The fourth-order valence-electron chi connectivity index (χ4n) is 2.56. The maximum Gasteiger partial charge on any atom is 0.286 e. The normalized spacial score (nSPS) is 19.9. The van der Waals surface area contributed by atoms with Crippen molar-refractivity contribution in [2.75, 3.05) is 29.1 Å². The van der Waals surface area contributed by atoms with Gasteiger partial charge in [0.1, 0.15) is 4.90 Å². The van der Waals surface area contributed by atoms with E-state index in [-0.39, 0.29) is 4.90 Å². The largest absolute Gasteiger partial charge is 0.371 e. The average Bonchev–Trinajstić information content (AvgIpc) is 2.98. The first kappa shape index (κ1) is 14.7. The second kappa shape index (κ2) is 5.88. The highest BCUT2D eigenvalue weighted by molar-refractivity contribution is 8.14. The van der Waals surface area contributed by atoms with Gasteiger partial charge in [-0.05, 0) is 37.5 Å². The van der Waals surface area contributed by atoms with Gasteiger partial charge in [-0.2, -0.15) is 8.42 Å². The molecule has 2 heterocycles. The fourth-order valence-corrected chi connectivity index (χ4v) is 4.67. The van der Waals surface area contributed by atoms with E-state index in [0.29, 0.717) is 10.9 Å². The van der Waals surface area contributed by atoms with Crippen molar-refractivity contribution < 1.29 is 8.42 Å². The summed E-state index contributed by atoms with van der Waals surface area (Å²) in [7, 11) is -3.60. The van der Waals surface area contributed by atoms with Crippen LogP contribution in [0.1, 0.15) is 26.2 Å². The summed E-state index contributed by atoms with van der Waals surface area (Å²) in [6.07, 6.45) is 3.31. The van der Waals surface area contributed by atoms with Crippen LogP contribution in [0.4, 0.5) is 11.4 Å². The molecule has 1 aromatic carbocycles. The molecule has 5 nitrogen and oxygen atoms in total. The van der Waals surface area contributed by atoms with Crippen molar-refractivity contribution >= 4 is 38.3 Å². The molecule has 1 saturated heterocycles. The molecule has 0 bridgehead atoms. The Labute approximate surface area is 129 Å². The van der Waals surface area contributed by atoms with Gasteiger partial charge < -0.3 is 10.2 Å². The van der Waals surface area contributed by atoms with Gasteiger partial charge in [-0.1, -0.05) is 18.7 Å². The van der Waals surface area contributed by atoms with Crippen molar-refractivity contribution in [3.63, 3.8) is 0 Å². The zero-order valence-electron chi connectivity index (χ0n) is 12.0. The highest BCUT2D eigenvalue weighted by Crippen LogP contribution is 2.33. The number of rotatable bonds is 3. The van der Waals surface area contributed by atoms with E-state index in [9.17, 15) is 8.42 Å². The summed E-state index contributed by atoms with van der Waals surface area (Å²) in [6.45, 7) is 4.04. The first-order chi connectivity index (χ1) is 10.1. The van der Waals surface area contributed by atoms with E-state index >= 15 is 0 Å². The molecule has 0 aromatic heterocycles. The molecular weight excluding hydrogens is 306 g/mol. The van der Waals surface area contributed by atoms with Crippen LogP contribution in [0.15, 0.2) is 27.5 Å². The van der Waals surface area contributed by atoms with Crippen LogP contribution in [0.2, 0.25) is 0 Å². The van der Waals surface area contributed by atoms with Crippen molar-refractivity contribution in [3.05, 3.63) is 18.2 Å². The number of hydrogen-bond acceptors (Lipinski definition) is 5. The van der Waals surface area contributed by atoms with Gasteiger partial charge in [0.2, 0.25) is 0 Å². The van der Waals surface area contributed by atoms with Gasteiger partial charge in [-0.3, -0.25) is 0 Å². The van der Waals surface area contributed by atoms with Crippen molar-refractivity contribution in [3.8, 4) is 0 Å². The van der Waals surface area contributed by atoms with E-state index in [0.717, 1.165) is 43.8 Å². The summed E-state index contributed by atoms with van der Waals surface area (Å²) in [5, 5.41) is 3.59. The lowest BCUT2D eigenvalue weighted by atomic mass is 10.2. The number of amidine groups is 1. The van der Waals surface area contributed by atoms with Crippen LogP contribution in [-0.2, 0) is 10.0 Å². The van der Waals surface area contributed by atoms with Crippen LogP contribution >= 0.6 is 11.8 Å². The van der Waals surface area contributed by atoms with E-state index < -0.39 is 10.0 Å². The Kier molecular flexibility index (Phi) is 4.12. The van der Waals surface area contributed by atoms with Crippen LogP contribution < -0.4 is 10.2 Å². The summed E-state index contributed by atoms with van der Waals surface area (Å²) >= 11 is 1.44. The maximum absolute atomic E-state index is 12.4. The molecule has 1 N–H and O–H groups in total. The standard InChI is InChI=1S/C14H19N3O2S2/c1-2-9-20-14-15-12-6-5-11(17-7-3-4-8-17)10-13(12)21(18,19)16-14/h5-6,10H,2-4,7-9H2,1H3,(H,15,16). The minimum absolute atomic E-state index is 0.285. The number of thioether (sulfide) groups is 1. The molecule has 0 radical (unpaired) electrons. The average molecular weight is 325 g/mol. The molecule has 0 amide bonds. The number of nitrogens with one attached hydrogen (secondary N) is 1. The van der Waals surface area contributed by atoms with Crippen LogP contribution in [0.25, 0.3) is 0 Å². The van der Waals surface area contributed by atoms with E-state index in [1.54, 1.807) is 6.07 Å². The number of nitrogens with zero attached hydrogens (tertiary/aromatic N) is 2. The van der Waals surface area contributed by atoms with E-state index in [4.69, 9.17) is 0 Å². The molecule has 114 valence electrons. The SMILES string of the molecule is CCCSC1=NS(=O)(=O)c2cc(N3CCCC3)ccc2N1. The molecule has 3 rings (SSSR count). The molecule has 0 atom stereocenters. The molecule has 0 spiro atoms. The lowest BCUT2D eigenvalue weighted by Crippen LogP contribution is -2.21. The predicted octanol–water partition coefficient (Wildman–Crippen LogP) is 2.90. The summed E-state index contributed by atoms with van der Waals surface area (Å²) in [6, 6.07) is 5.58. The van der Waals surface area contributed by atoms with Crippen LogP contribution in [0.3, 0.4) is 0 Å². The van der Waals surface area contributed by atoms with Crippen LogP contribution in [0, 0.1) is 0 Å². The molecule has 0 unspecified atom stereocenters. The summed E-state index contributed by atoms with van der Waals surface area (Å²) in [4.78, 5) is 2.51. The maximum atomic E-state index is 12.4. The molecule has 0 saturated carbocycles. The molecule has 1 fully saturated rings. The third kappa shape index (κ3) is 3.03. The third-order valence-corrected chi connectivity index (χ3v) is 6.11. The minimum atomic E-state index is -3.60. The number of benzene rings is 1. The van der Waals surface area contributed by atoms with Gasteiger partial charge in [0.05, 0.1) is 5.69 Å². The van der Waals surface area contributed by atoms with Gasteiger partial charge in [-0.15, -0.1) is 4.40 Å². The highest BCUT2D eigenvalue weighted by Gasteiger charge is 2.26. The first-order valence-corrected chi connectivity index (χ1v) is 9.66. The second-order valence-electron chi connectivity index (χ2n) is 5.22. The Morgan fingerprint density at radius 3 is 2.81 bits per heavy atom. The van der Waals surface area contributed by atoms with E-state index in [1.807, 2.05) is 12.1 Å². The van der Waals surface area contributed by atoms with Crippen molar-refractivity contribution in [1.82, 2.24) is 0 Å². The summed E-state index contributed by atoms with van der Waals surface area (Å²) in [5.74, 6) is 0.850. The Hall–Kier alpha value is -1.21. The highest BCUT2D eigenvalue weighted by atomic mass is 32.2. The molecule has 2 aliphatic heterocycles. The lowest BCUT2D eigenvalue weighted by molar-refractivity contribution is 0.598. The summed E-state index contributed by atoms with van der Waals surface area (Å²) in [5.41, 5.74) is 1.60. The predicted molar refractivity (Wildman–Crippen MR) is 88.9 cm³/mol. The molecular formula is C14H19N3O2S2. The minimum Gasteiger partial charge on any atom is -0.371 e. The van der Waals surface area contributed by atoms with Gasteiger partial charge in [0.25, 0.3) is 10.0 Å². The molecule has 7 heteroatoms. The van der Waals surface area contributed by atoms with Gasteiger partial charge in [0.15, 0.2) is 5.17 Å². The molecule has 0 aliphatic carbocycles. The Morgan fingerprint density at radius 1 is 1.33 bits per heavy atom. The topological polar surface area (TPSA) is 61.8 Å². The fraction of sp³-hybridized carbons (Fsp3) is 0.500. The Bertz CT molecular complexity index is 665. The zero-order valence-corrected chi connectivity index (χ0v) is 13.6. The summed E-state index contributed by atoms with van der Waals surface area (Å²) < 4.78 is 28.6. The van der Waals surface area contributed by atoms with Crippen molar-refractivity contribution in [2.24, 2.45) is 4.40 Å². The first-order valence-electron chi connectivity index (χ1n) is 7.24. The van der Waals surface area contributed by atoms with Crippen LogP contribution in [-0.4, -0.2) is 32.4 Å².